The standard InChI is InChI=1S/C17H13F3N2O4S/c18-17(19,20)13-8-12(27(21,24)25)5-4-11(13)3-1-10-2-6-15-14(7-10)22-16(23)9-26-15/h1-8H,9H2,(H,22,23)(H2,21,24,25)/b3-1+. The molecule has 0 spiro atoms. The largest absolute Gasteiger partial charge is 0.482 e. The predicted molar refractivity (Wildman–Crippen MR) is 92.3 cm³/mol. The average Bonchev–Trinajstić information content (AvgIpc) is 2.57. The summed E-state index contributed by atoms with van der Waals surface area (Å²) in [6.07, 6.45) is -2.16. The normalized spacial score (nSPS) is 14.6. The molecule has 0 bridgehead atoms. The summed E-state index contributed by atoms with van der Waals surface area (Å²) in [5, 5.41) is 7.50. The molecule has 2 aromatic rings. The molecule has 0 atom stereocenters. The van der Waals surface area contributed by atoms with E-state index in [-0.39, 0.29) is 18.1 Å². The molecule has 10 heteroatoms. The molecule has 1 aliphatic heterocycles. The molecule has 1 amide bonds. The van der Waals surface area contributed by atoms with Crippen molar-refractivity contribution in [1.82, 2.24) is 0 Å². The number of sulfonamides is 1. The van der Waals surface area contributed by atoms with Crippen molar-refractivity contribution >= 4 is 33.8 Å². The van der Waals surface area contributed by atoms with Gasteiger partial charge in [0.05, 0.1) is 16.1 Å². The van der Waals surface area contributed by atoms with Crippen molar-refractivity contribution in [2.45, 2.75) is 11.1 Å². The number of ether oxygens (including phenoxy) is 1. The third-order valence-corrected chi connectivity index (χ3v) is 4.66. The summed E-state index contributed by atoms with van der Waals surface area (Å²) in [6.45, 7) is -0.104. The minimum Gasteiger partial charge on any atom is -0.482 e. The van der Waals surface area contributed by atoms with E-state index in [1.54, 1.807) is 18.2 Å². The second-order valence-electron chi connectivity index (χ2n) is 5.72. The number of benzene rings is 2. The van der Waals surface area contributed by atoms with Gasteiger partial charge in [-0.05, 0) is 35.4 Å². The van der Waals surface area contributed by atoms with E-state index < -0.39 is 26.7 Å². The number of fused-ring (bicyclic) bond motifs is 1. The number of nitrogens with one attached hydrogen (secondary N) is 1. The monoisotopic (exact) mass is 398 g/mol. The number of anilines is 1. The van der Waals surface area contributed by atoms with Crippen LogP contribution in [0.15, 0.2) is 41.3 Å². The van der Waals surface area contributed by atoms with E-state index in [0.717, 1.165) is 12.1 Å². The van der Waals surface area contributed by atoms with E-state index in [0.29, 0.717) is 23.1 Å². The first-order valence-electron chi connectivity index (χ1n) is 7.53. The fraction of sp³-hybridized carbons (Fsp3) is 0.118. The second kappa shape index (κ2) is 6.71. The van der Waals surface area contributed by atoms with Crippen LogP contribution in [0.3, 0.4) is 0 Å². The lowest BCUT2D eigenvalue weighted by atomic mass is 10.0. The molecule has 0 saturated heterocycles. The zero-order valence-electron chi connectivity index (χ0n) is 13.6. The molecule has 0 aliphatic carbocycles. The number of carbonyl (C=O) groups is 1. The number of amides is 1. The third kappa shape index (κ3) is 4.29. The van der Waals surface area contributed by atoms with E-state index in [1.165, 1.54) is 12.2 Å². The van der Waals surface area contributed by atoms with Gasteiger partial charge in [0.1, 0.15) is 5.75 Å². The SMILES string of the molecule is NS(=O)(=O)c1ccc(/C=C/c2ccc3c(c2)NC(=O)CO3)c(C(F)(F)F)c1. The van der Waals surface area contributed by atoms with Crippen LogP contribution >= 0.6 is 0 Å². The minimum absolute atomic E-state index is 0.104. The number of nitrogens with two attached hydrogens (primary N) is 1. The van der Waals surface area contributed by atoms with Crippen molar-refractivity contribution in [3.05, 3.63) is 53.1 Å². The Morgan fingerprint density at radius 3 is 2.52 bits per heavy atom. The Bertz CT molecular complexity index is 1050. The number of halogens is 3. The van der Waals surface area contributed by atoms with Crippen LogP contribution in [-0.4, -0.2) is 20.9 Å². The van der Waals surface area contributed by atoms with Gasteiger partial charge >= 0.3 is 6.18 Å². The average molecular weight is 398 g/mol. The first kappa shape index (κ1) is 18.9. The zero-order valence-corrected chi connectivity index (χ0v) is 14.4. The minimum atomic E-state index is -4.77. The fourth-order valence-electron chi connectivity index (χ4n) is 2.49. The molecule has 2 aromatic carbocycles. The van der Waals surface area contributed by atoms with Crippen LogP contribution in [0, 0.1) is 0 Å². The predicted octanol–water partition coefficient (Wildman–Crippen LogP) is 2.85. The number of alkyl halides is 3. The lowest BCUT2D eigenvalue weighted by Crippen LogP contribution is -2.25. The molecule has 0 aromatic heterocycles. The van der Waals surface area contributed by atoms with Crippen LogP contribution in [-0.2, 0) is 21.0 Å². The number of primary sulfonamides is 1. The molecule has 6 nitrogen and oxygen atoms in total. The second-order valence-corrected chi connectivity index (χ2v) is 7.28. The maximum atomic E-state index is 13.3. The maximum Gasteiger partial charge on any atom is 0.417 e. The Morgan fingerprint density at radius 1 is 1.11 bits per heavy atom. The lowest BCUT2D eigenvalue weighted by molar-refractivity contribution is -0.137. The fourth-order valence-corrected chi connectivity index (χ4v) is 3.03. The van der Waals surface area contributed by atoms with Crippen LogP contribution in [0.1, 0.15) is 16.7 Å². The molecule has 1 aliphatic rings. The van der Waals surface area contributed by atoms with Gasteiger partial charge in [-0.15, -0.1) is 0 Å². The summed E-state index contributed by atoms with van der Waals surface area (Å²) >= 11 is 0. The van der Waals surface area contributed by atoms with Crippen molar-refractivity contribution in [1.29, 1.82) is 0 Å². The summed E-state index contributed by atoms with van der Waals surface area (Å²) in [6, 6.07) is 7.28. The quantitative estimate of drug-likeness (QED) is 0.777. The Balaban J connectivity index is 1.98. The van der Waals surface area contributed by atoms with Crippen LogP contribution < -0.4 is 15.2 Å². The van der Waals surface area contributed by atoms with Gasteiger partial charge in [-0.25, -0.2) is 13.6 Å². The maximum absolute atomic E-state index is 13.3. The summed E-state index contributed by atoms with van der Waals surface area (Å²) < 4.78 is 67.7. The van der Waals surface area contributed by atoms with Crippen LogP contribution in [0.4, 0.5) is 18.9 Å². The lowest BCUT2D eigenvalue weighted by Gasteiger charge is -2.18. The van der Waals surface area contributed by atoms with E-state index in [1.807, 2.05) is 0 Å². The molecule has 0 unspecified atom stereocenters. The highest BCUT2D eigenvalue weighted by atomic mass is 32.2. The zero-order chi connectivity index (χ0) is 19.8. The van der Waals surface area contributed by atoms with Gasteiger partial charge in [0.25, 0.3) is 5.91 Å². The van der Waals surface area contributed by atoms with Gasteiger partial charge in [0, 0.05) is 0 Å². The van der Waals surface area contributed by atoms with Gasteiger partial charge in [0.2, 0.25) is 10.0 Å². The highest BCUT2D eigenvalue weighted by Crippen LogP contribution is 2.35. The van der Waals surface area contributed by atoms with Gasteiger partial charge in [-0.1, -0.05) is 24.3 Å². The van der Waals surface area contributed by atoms with Crippen molar-refractivity contribution < 1.29 is 31.1 Å². The van der Waals surface area contributed by atoms with Crippen molar-refractivity contribution in [2.24, 2.45) is 5.14 Å². The highest BCUT2D eigenvalue weighted by Gasteiger charge is 2.33. The Morgan fingerprint density at radius 2 is 1.85 bits per heavy atom. The summed E-state index contributed by atoms with van der Waals surface area (Å²) in [5.74, 6) is 0.127. The summed E-state index contributed by atoms with van der Waals surface area (Å²) in [7, 11) is -4.26. The van der Waals surface area contributed by atoms with E-state index in [2.05, 4.69) is 5.32 Å². The Hall–Kier alpha value is -2.85. The third-order valence-electron chi connectivity index (χ3n) is 3.75. The molecule has 3 rings (SSSR count). The number of rotatable bonds is 3. The number of hydrogen-bond donors (Lipinski definition) is 2. The molecular formula is C17H13F3N2O4S. The smallest absolute Gasteiger partial charge is 0.417 e. The molecule has 0 saturated carbocycles. The molecule has 0 radical (unpaired) electrons. The van der Waals surface area contributed by atoms with Gasteiger partial charge in [0.15, 0.2) is 6.61 Å². The highest BCUT2D eigenvalue weighted by molar-refractivity contribution is 7.89. The molecule has 27 heavy (non-hydrogen) atoms. The number of carbonyl (C=O) groups excluding carboxylic acids is 1. The van der Waals surface area contributed by atoms with Crippen LogP contribution in [0.5, 0.6) is 5.75 Å². The first-order chi connectivity index (χ1) is 12.5. The topological polar surface area (TPSA) is 98.5 Å². The summed E-state index contributed by atoms with van der Waals surface area (Å²) in [5.41, 5.74) is -0.426. The molecule has 0 fully saturated rings. The summed E-state index contributed by atoms with van der Waals surface area (Å²) in [4.78, 5) is 10.7. The van der Waals surface area contributed by atoms with Gasteiger partial charge < -0.3 is 10.1 Å². The Kier molecular flexibility index (Phi) is 4.70. The van der Waals surface area contributed by atoms with Gasteiger partial charge in [-0.3, -0.25) is 4.79 Å². The van der Waals surface area contributed by atoms with Gasteiger partial charge in [-0.2, -0.15) is 13.2 Å². The van der Waals surface area contributed by atoms with Crippen molar-refractivity contribution in [3.63, 3.8) is 0 Å². The first-order valence-corrected chi connectivity index (χ1v) is 9.07. The molecule has 1 heterocycles. The van der Waals surface area contributed by atoms with Crippen molar-refractivity contribution in [2.75, 3.05) is 11.9 Å². The van der Waals surface area contributed by atoms with Crippen molar-refractivity contribution in [3.8, 4) is 5.75 Å². The Labute approximate surface area is 152 Å². The van der Waals surface area contributed by atoms with E-state index in [9.17, 15) is 26.4 Å². The molecule has 142 valence electrons. The van der Waals surface area contributed by atoms with E-state index >= 15 is 0 Å². The molecular weight excluding hydrogens is 385 g/mol. The van der Waals surface area contributed by atoms with Crippen LogP contribution in [0.2, 0.25) is 0 Å². The van der Waals surface area contributed by atoms with Crippen LogP contribution in [0.25, 0.3) is 12.2 Å². The number of hydrogen-bond acceptors (Lipinski definition) is 4. The van der Waals surface area contributed by atoms with E-state index in [4.69, 9.17) is 9.88 Å². The molecule has 3 N–H and O–H groups in total.